The van der Waals surface area contributed by atoms with Crippen molar-refractivity contribution in [1.82, 2.24) is 25.2 Å². The van der Waals surface area contributed by atoms with E-state index in [9.17, 15) is 4.79 Å². The number of pyridine rings is 1. The van der Waals surface area contributed by atoms with Gasteiger partial charge in [0.15, 0.2) is 0 Å². The second-order valence-corrected chi connectivity index (χ2v) is 9.49. The highest BCUT2D eigenvalue weighted by molar-refractivity contribution is 5.59. The minimum absolute atomic E-state index is 0.0595. The van der Waals surface area contributed by atoms with Gasteiger partial charge >= 0.3 is 0 Å². The summed E-state index contributed by atoms with van der Waals surface area (Å²) in [5, 5.41) is 7.23. The summed E-state index contributed by atoms with van der Waals surface area (Å²) in [6.45, 7) is 8.89. The highest BCUT2D eigenvalue weighted by Gasteiger charge is 2.25. The van der Waals surface area contributed by atoms with Crippen molar-refractivity contribution in [3.63, 3.8) is 0 Å². The molecule has 3 atom stereocenters. The minimum Gasteiger partial charge on any atom is -0.368 e. The first kappa shape index (κ1) is 22.6. The van der Waals surface area contributed by atoms with Crippen molar-refractivity contribution in [2.24, 2.45) is 7.05 Å². The van der Waals surface area contributed by atoms with Gasteiger partial charge in [0.25, 0.3) is 5.56 Å². The van der Waals surface area contributed by atoms with Crippen molar-refractivity contribution in [2.45, 2.75) is 32.0 Å². The van der Waals surface area contributed by atoms with Crippen LogP contribution in [0.1, 0.15) is 25.5 Å². The summed E-state index contributed by atoms with van der Waals surface area (Å²) in [7, 11) is 1.79. The third kappa shape index (κ3) is 4.69. The molecule has 0 amide bonds. The Morgan fingerprint density at radius 3 is 2.35 bits per heavy atom. The van der Waals surface area contributed by atoms with Crippen molar-refractivity contribution >= 4 is 11.6 Å². The summed E-state index contributed by atoms with van der Waals surface area (Å²) in [4.78, 5) is 26.3. The molecule has 0 spiro atoms. The van der Waals surface area contributed by atoms with Crippen LogP contribution < -0.4 is 26.0 Å². The molecule has 0 radical (unpaired) electrons. The first-order valence-corrected chi connectivity index (χ1v) is 12.1. The van der Waals surface area contributed by atoms with Crippen LogP contribution in [0.3, 0.4) is 0 Å². The lowest BCUT2D eigenvalue weighted by Gasteiger charge is -2.38. The molecule has 0 saturated carbocycles. The first-order valence-electron chi connectivity index (χ1n) is 12.1. The number of nitrogens with one attached hydrogen (secondary N) is 2. The van der Waals surface area contributed by atoms with Gasteiger partial charge in [0.2, 0.25) is 5.95 Å². The Balaban J connectivity index is 1.35. The summed E-state index contributed by atoms with van der Waals surface area (Å²) >= 11 is 0. The number of benzene rings is 1. The number of rotatable bonds is 4. The topological polar surface area (TPSA) is 78.3 Å². The lowest BCUT2D eigenvalue weighted by atomic mass is 10.0. The molecule has 8 nitrogen and oxygen atoms in total. The predicted octanol–water partition coefficient (Wildman–Crippen LogP) is 2.18. The number of nitrogens with zero attached hydrogens (tertiary/aromatic N) is 5. The SMILES string of the molecule is C[C@@H]1CN(c2ccc([C@H]3CN(c4nc(-c5ccncc5)cc(=O)n4C)CCN3)cc2)C[C@H](C)N1. The number of hydrogen-bond donors (Lipinski definition) is 2. The maximum Gasteiger partial charge on any atom is 0.255 e. The lowest BCUT2D eigenvalue weighted by Crippen LogP contribution is -2.54. The third-order valence-corrected chi connectivity index (χ3v) is 6.76. The fraction of sp³-hybridized carbons (Fsp3) is 0.423. The molecule has 2 aliphatic heterocycles. The highest BCUT2D eigenvalue weighted by Crippen LogP contribution is 2.25. The van der Waals surface area contributed by atoms with Crippen LogP contribution in [0.15, 0.2) is 59.7 Å². The van der Waals surface area contributed by atoms with Crippen LogP contribution in [0.4, 0.5) is 11.6 Å². The zero-order valence-corrected chi connectivity index (χ0v) is 20.1. The number of aromatic nitrogens is 3. The molecular formula is C26H33N7O. The van der Waals surface area contributed by atoms with E-state index in [0.717, 1.165) is 38.3 Å². The Morgan fingerprint density at radius 2 is 1.65 bits per heavy atom. The van der Waals surface area contributed by atoms with Crippen LogP contribution in [0, 0.1) is 0 Å². The molecule has 0 aliphatic carbocycles. The van der Waals surface area contributed by atoms with Crippen LogP contribution in [-0.2, 0) is 7.05 Å². The quantitative estimate of drug-likeness (QED) is 0.619. The zero-order chi connectivity index (χ0) is 23.7. The van der Waals surface area contributed by atoms with Gasteiger partial charge in [-0.3, -0.25) is 14.3 Å². The lowest BCUT2D eigenvalue weighted by molar-refractivity contribution is 0.407. The van der Waals surface area contributed by atoms with Crippen molar-refractivity contribution in [3.8, 4) is 11.3 Å². The molecule has 2 fully saturated rings. The van der Waals surface area contributed by atoms with Gasteiger partial charge in [-0.15, -0.1) is 0 Å². The van der Waals surface area contributed by atoms with Crippen LogP contribution in [0.2, 0.25) is 0 Å². The third-order valence-electron chi connectivity index (χ3n) is 6.76. The van der Waals surface area contributed by atoms with Gasteiger partial charge in [-0.2, -0.15) is 0 Å². The van der Waals surface area contributed by atoms with Gasteiger partial charge in [0.05, 0.1) is 5.69 Å². The molecular weight excluding hydrogens is 426 g/mol. The Kier molecular flexibility index (Phi) is 6.34. The Hall–Kier alpha value is -3.23. The molecule has 3 aromatic rings. The van der Waals surface area contributed by atoms with Crippen molar-refractivity contribution < 1.29 is 0 Å². The highest BCUT2D eigenvalue weighted by atomic mass is 16.1. The van der Waals surface area contributed by atoms with Gasteiger partial charge < -0.3 is 20.4 Å². The Labute approximate surface area is 200 Å². The Bertz CT molecular complexity index is 1170. The minimum atomic E-state index is -0.0595. The Morgan fingerprint density at radius 1 is 0.941 bits per heavy atom. The van der Waals surface area contributed by atoms with Crippen molar-refractivity contribution in [1.29, 1.82) is 0 Å². The van der Waals surface area contributed by atoms with Gasteiger partial charge in [0.1, 0.15) is 0 Å². The molecule has 5 rings (SSSR count). The number of anilines is 2. The van der Waals surface area contributed by atoms with Crippen molar-refractivity contribution in [3.05, 3.63) is 70.8 Å². The van der Waals surface area contributed by atoms with Crippen molar-refractivity contribution in [2.75, 3.05) is 42.5 Å². The van der Waals surface area contributed by atoms with E-state index in [1.54, 1.807) is 30.1 Å². The van der Waals surface area contributed by atoms with Crippen LogP contribution in [0.5, 0.6) is 0 Å². The standard InChI is InChI=1S/C26H33N7O/c1-18-15-33(16-19(2)29-18)22-6-4-20(5-7-22)24-17-32(13-12-28-24)26-30-23(14-25(34)31(26)3)21-8-10-27-11-9-21/h4-11,14,18-19,24,28-29H,12-13,15-17H2,1-3H3/t18-,19+,24-/m1/s1. The van der Waals surface area contributed by atoms with E-state index >= 15 is 0 Å². The monoisotopic (exact) mass is 459 g/mol. The summed E-state index contributed by atoms with van der Waals surface area (Å²) < 4.78 is 1.64. The molecule has 2 saturated heterocycles. The summed E-state index contributed by atoms with van der Waals surface area (Å²) in [5.74, 6) is 0.700. The summed E-state index contributed by atoms with van der Waals surface area (Å²) in [5.41, 5.74) is 4.04. The van der Waals surface area contributed by atoms with Crippen LogP contribution in [0.25, 0.3) is 11.3 Å². The average Bonchev–Trinajstić information content (AvgIpc) is 2.86. The fourth-order valence-electron chi connectivity index (χ4n) is 5.09. The van der Waals surface area contributed by atoms with E-state index in [4.69, 9.17) is 4.98 Å². The van der Waals surface area contributed by atoms with E-state index in [1.807, 2.05) is 12.1 Å². The smallest absolute Gasteiger partial charge is 0.255 e. The van der Waals surface area contributed by atoms with E-state index < -0.39 is 0 Å². The van der Waals surface area contributed by atoms with E-state index in [-0.39, 0.29) is 11.6 Å². The molecule has 178 valence electrons. The van der Waals surface area contributed by atoms with E-state index in [0.29, 0.717) is 23.7 Å². The van der Waals surface area contributed by atoms with Gasteiger partial charge in [-0.1, -0.05) is 12.1 Å². The number of hydrogen-bond acceptors (Lipinski definition) is 7. The summed E-state index contributed by atoms with van der Waals surface area (Å²) in [6, 6.07) is 15.4. The maximum atomic E-state index is 12.7. The molecule has 4 heterocycles. The zero-order valence-electron chi connectivity index (χ0n) is 20.1. The van der Waals surface area contributed by atoms with Gasteiger partial charge in [0, 0.05) is 87.6 Å². The average molecular weight is 460 g/mol. The first-order chi connectivity index (χ1) is 16.5. The van der Waals surface area contributed by atoms with Gasteiger partial charge in [-0.05, 0) is 43.7 Å². The summed E-state index contributed by atoms with van der Waals surface area (Å²) in [6.07, 6.45) is 3.45. The molecule has 2 aliphatic rings. The number of piperazine rings is 2. The van der Waals surface area contributed by atoms with Gasteiger partial charge in [-0.25, -0.2) is 4.98 Å². The van der Waals surface area contributed by atoms with Crippen LogP contribution >= 0.6 is 0 Å². The molecule has 8 heteroatoms. The maximum absolute atomic E-state index is 12.7. The second-order valence-electron chi connectivity index (χ2n) is 9.49. The molecule has 2 N–H and O–H groups in total. The molecule has 2 aromatic heterocycles. The van der Waals surface area contributed by atoms with Crippen LogP contribution in [-0.4, -0.2) is 59.3 Å². The molecule has 0 unspecified atom stereocenters. The fourth-order valence-corrected chi connectivity index (χ4v) is 5.09. The van der Waals surface area contributed by atoms with E-state index in [2.05, 4.69) is 63.5 Å². The largest absolute Gasteiger partial charge is 0.368 e. The molecule has 34 heavy (non-hydrogen) atoms. The second kappa shape index (κ2) is 9.56. The molecule has 0 bridgehead atoms. The predicted molar refractivity (Wildman–Crippen MR) is 136 cm³/mol. The normalized spacial score (nSPS) is 23.2. The molecule has 1 aromatic carbocycles. The van der Waals surface area contributed by atoms with E-state index in [1.165, 1.54) is 11.3 Å².